The molecule has 0 saturated carbocycles. The number of alkyl halides is 3. The second-order valence-corrected chi connectivity index (χ2v) is 9.53. The number of aryl methyl sites for hydroxylation is 1. The van der Waals surface area contributed by atoms with Gasteiger partial charge >= 0.3 is 6.18 Å². The van der Waals surface area contributed by atoms with E-state index in [4.69, 9.17) is 0 Å². The van der Waals surface area contributed by atoms with Gasteiger partial charge in [-0.3, -0.25) is 9.40 Å². The predicted molar refractivity (Wildman–Crippen MR) is 103 cm³/mol. The fourth-order valence-electron chi connectivity index (χ4n) is 2.60. The highest BCUT2D eigenvalue weighted by Crippen LogP contribution is 2.35. The van der Waals surface area contributed by atoms with E-state index in [1.165, 1.54) is 19.2 Å². The average molecular weight is 429 g/mol. The Morgan fingerprint density at radius 1 is 1.11 bits per heavy atom. The Bertz CT molecular complexity index is 1080. The third-order valence-electron chi connectivity index (χ3n) is 4.10. The Morgan fingerprint density at radius 2 is 1.75 bits per heavy atom. The van der Waals surface area contributed by atoms with Gasteiger partial charge in [0.25, 0.3) is 10.0 Å². The Kier molecular flexibility index (Phi) is 5.28. The number of aromatic nitrogens is 2. The van der Waals surface area contributed by atoms with Crippen LogP contribution in [0, 0.1) is 0 Å². The van der Waals surface area contributed by atoms with Gasteiger partial charge < -0.3 is 0 Å². The standard InChI is InChI=1S/C18H18F3N3O2S2/c1-11(2)12-4-6-13(7-5-12)23-28(25,26)17-9-8-15(27-17)14-10-16(18(19,20)21)24(3)22-14/h4-11,23H,1-3H3. The molecule has 3 aromatic rings. The first-order valence-corrected chi connectivity index (χ1v) is 10.6. The second-order valence-electron chi connectivity index (χ2n) is 6.54. The number of rotatable bonds is 5. The lowest BCUT2D eigenvalue weighted by molar-refractivity contribution is -0.143. The Balaban J connectivity index is 1.84. The monoisotopic (exact) mass is 429 g/mol. The van der Waals surface area contributed by atoms with Gasteiger partial charge in [-0.2, -0.15) is 18.3 Å². The van der Waals surface area contributed by atoms with Crippen molar-refractivity contribution in [3.63, 3.8) is 0 Å². The van der Waals surface area contributed by atoms with Gasteiger partial charge in [-0.25, -0.2) is 8.42 Å². The molecule has 0 radical (unpaired) electrons. The van der Waals surface area contributed by atoms with E-state index < -0.39 is 21.9 Å². The van der Waals surface area contributed by atoms with E-state index in [1.54, 1.807) is 12.1 Å². The zero-order valence-corrected chi connectivity index (χ0v) is 16.9. The van der Waals surface area contributed by atoms with E-state index in [0.29, 0.717) is 16.5 Å². The number of anilines is 1. The largest absolute Gasteiger partial charge is 0.433 e. The molecule has 10 heteroatoms. The van der Waals surface area contributed by atoms with Crippen LogP contribution in [-0.4, -0.2) is 18.2 Å². The fourth-order valence-corrected chi connectivity index (χ4v) is 4.92. The van der Waals surface area contributed by atoms with Gasteiger partial charge in [0, 0.05) is 12.7 Å². The molecule has 0 atom stereocenters. The van der Waals surface area contributed by atoms with Crippen LogP contribution in [0.1, 0.15) is 31.0 Å². The summed E-state index contributed by atoms with van der Waals surface area (Å²) in [4.78, 5) is 0.335. The van der Waals surface area contributed by atoms with E-state index in [0.717, 1.165) is 27.6 Å². The summed E-state index contributed by atoms with van der Waals surface area (Å²) in [5, 5.41) is 3.84. The summed E-state index contributed by atoms with van der Waals surface area (Å²) in [6, 6.07) is 10.7. The first-order chi connectivity index (χ1) is 13.0. The summed E-state index contributed by atoms with van der Waals surface area (Å²) in [7, 11) is -2.66. The molecule has 1 N–H and O–H groups in total. The lowest BCUT2D eigenvalue weighted by Gasteiger charge is -2.09. The number of benzene rings is 1. The lowest BCUT2D eigenvalue weighted by Crippen LogP contribution is -2.11. The molecule has 0 amide bonds. The van der Waals surface area contributed by atoms with Crippen LogP contribution in [0.5, 0.6) is 0 Å². The maximum atomic E-state index is 12.9. The van der Waals surface area contributed by atoms with Crippen molar-refractivity contribution in [2.75, 3.05) is 4.72 Å². The molecule has 3 rings (SSSR count). The summed E-state index contributed by atoms with van der Waals surface area (Å²) >= 11 is 0.859. The molecular formula is C18H18F3N3O2S2. The predicted octanol–water partition coefficient (Wildman–Crippen LogP) is 5.09. The molecule has 0 spiro atoms. The van der Waals surface area contributed by atoms with Crippen LogP contribution in [0.15, 0.2) is 46.7 Å². The highest BCUT2D eigenvalue weighted by atomic mass is 32.2. The number of halogens is 3. The molecule has 5 nitrogen and oxygen atoms in total. The van der Waals surface area contributed by atoms with Gasteiger partial charge in [0.1, 0.15) is 15.6 Å². The molecule has 2 heterocycles. The number of nitrogens with zero attached hydrogens (tertiary/aromatic N) is 2. The van der Waals surface area contributed by atoms with Crippen molar-refractivity contribution >= 4 is 27.0 Å². The number of hydrogen-bond acceptors (Lipinski definition) is 4. The van der Waals surface area contributed by atoms with E-state index in [9.17, 15) is 21.6 Å². The number of hydrogen-bond donors (Lipinski definition) is 1. The molecule has 2 aromatic heterocycles. The quantitative estimate of drug-likeness (QED) is 0.614. The minimum atomic E-state index is -4.53. The Morgan fingerprint density at radius 3 is 2.29 bits per heavy atom. The van der Waals surface area contributed by atoms with E-state index in [1.807, 2.05) is 26.0 Å². The first kappa shape index (κ1) is 20.4. The number of thiophene rings is 1. The molecule has 0 aliphatic rings. The second kappa shape index (κ2) is 7.25. The van der Waals surface area contributed by atoms with Crippen LogP contribution in [-0.2, 0) is 23.2 Å². The highest BCUT2D eigenvalue weighted by Gasteiger charge is 2.35. The van der Waals surface area contributed by atoms with E-state index in [-0.39, 0.29) is 9.90 Å². The minimum Gasteiger partial charge on any atom is -0.279 e. The van der Waals surface area contributed by atoms with Crippen LogP contribution in [0.4, 0.5) is 18.9 Å². The molecule has 0 unspecified atom stereocenters. The molecule has 0 saturated heterocycles. The van der Waals surface area contributed by atoms with Crippen molar-refractivity contribution in [1.82, 2.24) is 9.78 Å². The van der Waals surface area contributed by atoms with E-state index >= 15 is 0 Å². The lowest BCUT2D eigenvalue weighted by atomic mass is 10.0. The average Bonchev–Trinajstić information content (AvgIpc) is 3.21. The smallest absolute Gasteiger partial charge is 0.279 e. The topological polar surface area (TPSA) is 64.0 Å². The molecule has 1 aromatic carbocycles. The summed E-state index contributed by atoms with van der Waals surface area (Å²) in [5.74, 6) is 0.325. The molecule has 0 aliphatic carbocycles. The van der Waals surface area contributed by atoms with Gasteiger partial charge in [0.15, 0.2) is 0 Å². The summed E-state index contributed by atoms with van der Waals surface area (Å²) in [6.45, 7) is 4.07. The Labute approximate surface area is 164 Å². The summed E-state index contributed by atoms with van der Waals surface area (Å²) in [5.41, 5.74) is 0.666. The SMILES string of the molecule is CC(C)c1ccc(NS(=O)(=O)c2ccc(-c3cc(C(F)(F)F)n(C)n3)s2)cc1. The third-order valence-corrected chi connectivity index (χ3v) is 7.08. The molecule has 150 valence electrons. The Hall–Kier alpha value is -2.33. The molecule has 0 bridgehead atoms. The maximum absolute atomic E-state index is 12.9. The highest BCUT2D eigenvalue weighted by molar-refractivity contribution is 7.94. The molecule has 0 fully saturated rings. The van der Waals surface area contributed by atoms with Crippen molar-refractivity contribution in [2.24, 2.45) is 7.05 Å². The summed E-state index contributed by atoms with van der Waals surface area (Å²) < 4.78 is 67.2. The van der Waals surface area contributed by atoms with E-state index in [2.05, 4.69) is 9.82 Å². The number of sulfonamides is 1. The van der Waals surface area contributed by atoms with Crippen LogP contribution >= 0.6 is 11.3 Å². The van der Waals surface area contributed by atoms with Crippen molar-refractivity contribution in [3.8, 4) is 10.6 Å². The van der Waals surface area contributed by atoms with Gasteiger partial charge in [-0.15, -0.1) is 11.3 Å². The van der Waals surface area contributed by atoms with Crippen LogP contribution in [0.3, 0.4) is 0 Å². The minimum absolute atomic E-state index is 0.00496. The van der Waals surface area contributed by atoms with Gasteiger partial charge in [0.2, 0.25) is 0 Å². The molecule has 0 aliphatic heterocycles. The first-order valence-electron chi connectivity index (χ1n) is 8.31. The molecule has 28 heavy (non-hydrogen) atoms. The normalized spacial score (nSPS) is 12.5. The van der Waals surface area contributed by atoms with Gasteiger partial charge in [-0.05, 0) is 41.8 Å². The third kappa shape index (κ3) is 4.22. The van der Waals surface area contributed by atoms with Crippen LogP contribution in [0.2, 0.25) is 0 Å². The van der Waals surface area contributed by atoms with Gasteiger partial charge in [0.05, 0.1) is 4.88 Å². The van der Waals surface area contributed by atoms with Crippen molar-refractivity contribution in [3.05, 3.63) is 53.7 Å². The van der Waals surface area contributed by atoms with Crippen LogP contribution in [0.25, 0.3) is 10.6 Å². The summed E-state index contributed by atoms with van der Waals surface area (Å²) in [6.07, 6.45) is -4.53. The van der Waals surface area contributed by atoms with Crippen molar-refractivity contribution < 1.29 is 21.6 Å². The zero-order valence-electron chi connectivity index (χ0n) is 15.3. The van der Waals surface area contributed by atoms with Crippen molar-refractivity contribution in [2.45, 2.75) is 30.2 Å². The molecular weight excluding hydrogens is 411 g/mol. The number of nitrogens with one attached hydrogen (secondary N) is 1. The van der Waals surface area contributed by atoms with Gasteiger partial charge in [-0.1, -0.05) is 26.0 Å². The fraction of sp³-hybridized carbons (Fsp3) is 0.278. The zero-order chi connectivity index (χ0) is 20.7. The van der Waals surface area contributed by atoms with Crippen molar-refractivity contribution in [1.29, 1.82) is 0 Å². The maximum Gasteiger partial charge on any atom is 0.433 e. The van der Waals surface area contributed by atoms with Crippen LogP contribution < -0.4 is 4.72 Å².